The summed E-state index contributed by atoms with van der Waals surface area (Å²) in [7, 11) is -0.569. The third-order valence-corrected chi connectivity index (χ3v) is 6.07. The minimum Gasteiger partial charge on any atom is -0.400 e. The summed E-state index contributed by atoms with van der Waals surface area (Å²) < 4.78 is 52.7. The maximum absolute atomic E-state index is 13.6. The molecule has 4 rings (SSSR count). The van der Waals surface area contributed by atoms with Crippen molar-refractivity contribution in [3.8, 4) is 0 Å². The molecule has 3 heterocycles. The van der Waals surface area contributed by atoms with Gasteiger partial charge in [-0.1, -0.05) is 12.2 Å². The molecule has 0 aliphatic carbocycles. The Kier molecular flexibility index (Phi) is 4.55. The zero-order valence-electron chi connectivity index (χ0n) is 16.6. The molecule has 0 saturated carbocycles. The van der Waals surface area contributed by atoms with Gasteiger partial charge in [-0.3, -0.25) is 4.79 Å². The second kappa shape index (κ2) is 6.60. The van der Waals surface area contributed by atoms with Crippen molar-refractivity contribution in [2.75, 3.05) is 0 Å². The SMILES string of the molecule is CC1(C)OB(C2=CC=CN3C(C(=O)c4cc(F)c(F)c(F)c4)=CCC23)OC1(C)C. The first-order chi connectivity index (χ1) is 13.5. The van der Waals surface area contributed by atoms with Gasteiger partial charge in [0.05, 0.1) is 22.9 Å². The fourth-order valence-electron chi connectivity index (χ4n) is 3.71. The third-order valence-electron chi connectivity index (χ3n) is 6.07. The Balaban J connectivity index is 1.58. The Morgan fingerprint density at radius 1 is 1.10 bits per heavy atom. The van der Waals surface area contributed by atoms with Gasteiger partial charge in [0.1, 0.15) is 0 Å². The lowest BCUT2D eigenvalue weighted by atomic mass is 9.72. The van der Waals surface area contributed by atoms with E-state index < -0.39 is 41.6 Å². The second-order valence-corrected chi connectivity index (χ2v) is 8.43. The highest BCUT2D eigenvalue weighted by molar-refractivity contribution is 6.55. The monoisotopic (exact) mass is 403 g/mol. The van der Waals surface area contributed by atoms with E-state index >= 15 is 0 Å². The fraction of sp³-hybridized carbons (Fsp3) is 0.381. The van der Waals surface area contributed by atoms with Crippen LogP contribution in [-0.2, 0) is 9.31 Å². The van der Waals surface area contributed by atoms with Gasteiger partial charge in [0, 0.05) is 11.8 Å². The topological polar surface area (TPSA) is 38.8 Å². The van der Waals surface area contributed by atoms with E-state index in [4.69, 9.17) is 9.31 Å². The number of hydrogen-bond acceptors (Lipinski definition) is 4. The number of rotatable bonds is 3. The minimum atomic E-state index is -1.59. The summed E-state index contributed by atoms with van der Waals surface area (Å²) in [5, 5.41) is 0. The minimum absolute atomic E-state index is 0.205. The average Bonchev–Trinajstić information content (AvgIpc) is 3.16. The highest BCUT2D eigenvalue weighted by Gasteiger charge is 2.54. The molecule has 0 radical (unpaired) electrons. The van der Waals surface area contributed by atoms with Crippen molar-refractivity contribution in [1.29, 1.82) is 0 Å². The molecule has 3 aliphatic rings. The summed E-state index contributed by atoms with van der Waals surface area (Å²) in [6, 6.07) is 1.23. The van der Waals surface area contributed by atoms with Crippen LogP contribution in [0.25, 0.3) is 0 Å². The number of fused-ring (bicyclic) bond motifs is 1. The Morgan fingerprint density at radius 2 is 1.69 bits per heavy atom. The molecular weight excluding hydrogens is 382 g/mol. The van der Waals surface area contributed by atoms with E-state index in [2.05, 4.69) is 0 Å². The molecule has 1 aromatic carbocycles. The summed E-state index contributed by atoms with van der Waals surface area (Å²) in [5.74, 6) is -4.96. The molecule has 29 heavy (non-hydrogen) atoms. The van der Waals surface area contributed by atoms with Crippen LogP contribution in [0.3, 0.4) is 0 Å². The van der Waals surface area contributed by atoms with Crippen molar-refractivity contribution in [2.45, 2.75) is 51.4 Å². The quantitative estimate of drug-likeness (QED) is 0.428. The standard InChI is InChI=1S/C21H21BF3NO3/c1-20(2)21(3,4)29-22(28-20)13-6-5-9-26-16(13)7-8-17(26)19(27)12-10-14(23)18(25)15(24)11-12/h5-6,8-11,16H,7H2,1-4H3. The molecule has 0 bridgehead atoms. The van der Waals surface area contributed by atoms with Gasteiger partial charge >= 0.3 is 7.12 Å². The van der Waals surface area contributed by atoms with E-state index in [1.54, 1.807) is 23.3 Å². The van der Waals surface area contributed by atoms with Gasteiger partial charge in [-0.2, -0.15) is 0 Å². The lowest BCUT2D eigenvalue weighted by molar-refractivity contribution is 0.00578. The number of benzene rings is 1. The van der Waals surface area contributed by atoms with Crippen LogP contribution >= 0.6 is 0 Å². The van der Waals surface area contributed by atoms with E-state index in [-0.39, 0.29) is 17.3 Å². The van der Waals surface area contributed by atoms with Gasteiger partial charge in [0.15, 0.2) is 17.5 Å². The molecule has 1 fully saturated rings. The number of ketones is 1. The van der Waals surface area contributed by atoms with Crippen LogP contribution < -0.4 is 0 Å². The van der Waals surface area contributed by atoms with Crippen molar-refractivity contribution in [2.24, 2.45) is 0 Å². The highest BCUT2D eigenvalue weighted by Crippen LogP contribution is 2.42. The number of hydrogen-bond donors (Lipinski definition) is 0. The maximum Gasteiger partial charge on any atom is 0.492 e. The van der Waals surface area contributed by atoms with Gasteiger partial charge in [0.2, 0.25) is 5.78 Å². The lowest BCUT2D eigenvalue weighted by Gasteiger charge is -2.32. The molecule has 1 unspecified atom stereocenters. The number of carbonyl (C=O) groups excluding carboxylic acids is 1. The van der Waals surface area contributed by atoms with Crippen LogP contribution in [0, 0.1) is 17.5 Å². The number of carbonyl (C=O) groups is 1. The van der Waals surface area contributed by atoms with Crippen LogP contribution in [0.4, 0.5) is 13.2 Å². The molecule has 1 saturated heterocycles. The molecule has 4 nitrogen and oxygen atoms in total. The Labute approximate surface area is 167 Å². The molecule has 0 N–H and O–H groups in total. The third kappa shape index (κ3) is 3.15. The van der Waals surface area contributed by atoms with Crippen LogP contribution in [-0.4, -0.2) is 35.0 Å². The van der Waals surface area contributed by atoms with Crippen LogP contribution in [0.5, 0.6) is 0 Å². The van der Waals surface area contributed by atoms with E-state index in [9.17, 15) is 18.0 Å². The smallest absolute Gasteiger partial charge is 0.400 e. The van der Waals surface area contributed by atoms with E-state index in [0.717, 1.165) is 5.47 Å². The zero-order valence-corrected chi connectivity index (χ0v) is 16.6. The van der Waals surface area contributed by atoms with E-state index in [1.165, 1.54) is 0 Å². The van der Waals surface area contributed by atoms with Crippen molar-refractivity contribution in [3.05, 3.63) is 70.7 Å². The van der Waals surface area contributed by atoms with Gasteiger partial charge in [-0.05, 0) is 57.8 Å². The number of nitrogens with zero attached hydrogens (tertiary/aromatic N) is 1. The van der Waals surface area contributed by atoms with Gasteiger partial charge in [0.25, 0.3) is 0 Å². The van der Waals surface area contributed by atoms with Crippen molar-refractivity contribution in [3.63, 3.8) is 0 Å². The van der Waals surface area contributed by atoms with E-state index in [0.29, 0.717) is 18.6 Å². The zero-order chi connectivity index (χ0) is 21.1. The molecule has 152 valence electrons. The maximum atomic E-state index is 13.6. The molecule has 0 aromatic heterocycles. The van der Waals surface area contributed by atoms with Gasteiger partial charge < -0.3 is 14.2 Å². The van der Waals surface area contributed by atoms with E-state index in [1.807, 2.05) is 33.8 Å². The molecule has 0 spiro atoms. The first-order valence-corrected chi connectivity index (χ1v) is 9.43. The van der Waals surface area contributed by atoms with Crippen LogP contribution in [0.15, 0.2) is 47.7 Å². The molecule has 1 atom stereocenters. The van der Waals surface area contributed by atoms with Gasteiger partial charge in [-0.25, -0.2) is 13.2 Å². The normalized spacial score (nSPS) is 24.4. The summed E-state index contributed by atoms with van der Waals surface area (Å²) in [6.45, 7) is 7.85. The average molecular weight is 403 g/mol. The van der Waals surface area contributed by atoms with Crippen LogP contribution in [0.1, 0.15) is 44.5 Å². The molecule has 1 aromatic rings. The summed E-state index contributed by atoms with van der Waals surface area (Å²) in [4.78, 5) is 14.6. The van der Waals surface area contributed by atoms with Crippen molar-refractivity contribution in [1.82, 2.24) is 4.90 Å². The predicted molar refractivity (Wildman–Crippen MR) is 102 cm³/mol. The number of halogens is 3. The van der Waals surface area contributed by atoms with Crippen molar-refractivity contribution >= 4 is 12.9 Å². The van der Waals surface area contributed by atoms with Crippen molar-refractivity contribution < 1.29 is 27.3 Å². The number of Topliss-reactive ketones (excluding diaryl/α,β-unsaturated/α-hetero) is 1. The highest BCUT2D eigenvalue weighted by atomic mass is 19.2. The molecular formula is C21H21BF3NO3. The summed E-state index contributed by atoms with van der Waals surface area (Å²) in [6.07, 6.45) is 7.62. The Hall–Kier alpha value is -2.32. The molecule has 0 amide bonds. The lowest BCUT2D eigenvalue weighted by Crippen LogP contribution is -2.41. The first kappa shape index (κ1) is 20.0. The molecule has 3 aliphatic heterocycles. The second-order valence-electron chi connectivity index (χ2n) is 8.43. The Bertz CT molecular complexity index is 944. The molecule has 8 heteroatoms. The van der Waals surface area contributed by atoms with Gasteiger partial charge in [-0.15, -0.1) is 0 Å². The predicted octanol–water partition coefficient (Wildman–Crippen LogP) is 4.33. The van der Waals surface area contributed by atoms with Crippen LogP contribution in [0.2, 0.25) is 0 Å². The first-order valence-electron chi connectivity index (χ1n) is 9.43. The Morgan fingerprint density at radius 3 is 2.28 bits per heavy atom. The largest absolute Gasteiger partial charge is 0.492 e. The number of allylic oxidation sites excluding steroid dienone is 3. The summed E-state index contributed by atoms with van der Waals surface area (Å²) in [5.41, 5.74) is -0.106. The summed E-state index contributed by atoms with van der Waals surface area (Å²) >= 11 is 0. The fourth-order valence-corrected chi connectivity index (χ4v) is 3.71.